The zero-order chi connectivity index (χ0) is 15.5. The number of hydrogen-bond donors (Lipinski definition) is 2. The van der Waals surface area contributed by atoms with Gasteiger partial charge in [0.25, 0.3) is 0 Å². The van der Waals surface area contributed by atoms with Crippen LogP contribution >= 0.6 is 0 Å². The van der Waals surface area contributed by atoms with Crippen LogP contribution in [0.25, 0.3) is 0 Å². The van der Waals surface area contributed by atoms with Crippen molar-refractivity contribution in [2.75, 3.05) is 29.9 Å². The summed E-state index contributed by atoms with van der Waals surface area (Å²) in [6, 6.07) is 1.11. The highest BCUT2D eigenvalue weighted by atomic mass is 19.4. The summed E-state index contributed by atoms with van der Waals surface area (Å²) in [4.78, 5) is 9.40. The van der Waals surface area contributed by atoms with Gasteiger partial charge in [-0.1, -0.05) is 6.92 Å². The first kappa shape index (κ1) is 15.8. The zero-order valence-electron chi connectivity index (χ0n) is 11.8. The van der Waals surface area contributed by atoms with Gasteiger partial charge in [0.2, 0.25) is 5.95 Å². The summed E-state index contributed by atoms with van der Waals surface area (Å²) in [7, 11) is 0. The van der Waals surface area contributed by atoms with Crippen LogP contribution in [-0.4, -0.2) is 40.8 Å². The summed E-state index contributed by atoms with van der Waals surface area (Å²) in [6.45, 7) is 2.56. The van der Waals surface area contributed by atoms with E-state index in [1.165, 1.54) is 0 Å². The van der Waals surface area contributed by atoms with Gasteiger partial charge in [0.05, 0.1) is 6.61 Å². The van der Waals surface area contributed by atoms with Gasteiger partial charge in [0.15, 0.2) is 5.69 Å². The Balaban J connectivity index is 2.33. The van der Waals surface area contributed by atoms with Crippen LogP contribution in [0, 0.1) is 0 Å². The Labute approximate surface area is 121 Å². The van der Waals surface area contributed by atoms with E-state index in [0.29, 0.717) is 6.54 Å². The van der Waals surface area contributed by atoms with Gasteiger partial charge in [0.1, 0.15) is 5.82 Å². The van der Waals surface area contributed by atoms with E-state index in [2.05, 4.69) is 15.3 Å². The molecule has 0 atom stereocenters. The fraction of sp³-hybridized carbons (Fsp3) is 0.692. The van der Waals surface area contributed by atoms with Gasteiger partial charge in [-0.15, -0.1) is 0 Å². The lowest BCUT2D eigenvalue weighted by Crippen LogP contribution is -2.30. The molecule has 0 amide bonds. The van der Waals surface area contributed by atoms with Gasteiger partial charge in [-0.3, -0.25) is 0 Å². The molecule has 2 N–H and O–H groups in total. The molecule has 0 radical (unpaired) electrons. The predicted molar refractivity (Wildman–Crippen MR) is 73.3 cm³/mol. The maximum Gasteiger partial charge on any atom is 0.433 e. The molecule has 1 aliphatic carbocycles. The molecule has 21 heavy (non-hydrogen) atoms. The van der Waals surface area contributed by atoms with Crippen molar-refractivity contribution in [1.29, 1.82) is 0 Å². The largest absolute Gasteiger partial charge is 0.433 e. The van der Waals surface area contributed by atoms with Crippen LogP contribution in [0.1, 0.15) is 31.9 Å². The molecular weight excluding hydrogens is 285 g/mol. The van der Waals surface area contributed by atoms with Crippen molar-refractivity contribution < 1.29 is 18.3 Å². The molecular formula is C13H19F3N4O. The van der Waals surface area contributed by atoms with Gasteiger partial charge in [-0.25, -0.2) is 4.98 Å². The van der Waals surface area contributed by atoms with Gasteiger partial charge < -0.3 is 15.3 Å². The van der Waals surface area contributed by atoms with Crippen LogP contribution in [0.3, 0.4) is 0 Å². The number of alkyl halides is 3. The smallest absolute Gasteiger partial charge is 0.395 e. The zero-order valence-corrected chi connectivity index (χ0v) is 11.8. The summed E-state index contributed by atoms with van der Waals surface area (Å²) in [6.07, 6.45) is -1.95. The van der Waals surface area contributed by atoms with Crippen molar-refractivity contribution in [3.63, 3.8) is 0 Å². The van der Waals surface area contributed by atoms with Crippen LogP contribution in [0.4, 0.5) is 24.9 Å². The Hall–Kier alpha value is -1.57. The molecule has 0 aromatic carbocycles. The van der Waals surface area contributed by atoms with Crippen molar-refractivity contribution in [3.05, 3.63) is 11.8 Å². The second kappa shape index (κ2) is 6.46. The topological polar surface area (TPSA) is 61.3 Å². The molecule has 1 fully saturated rings. The summed E-state index contributed by atoms with van der Waals surface area (Å²) < 4.78 is 38.9. The maximum atomic E-state index is 13.0. The number of nitrogens with zero attached hydrogens (tertiary/aromatic N) is 3. The van der Waals surface area contributed by atoms with Crippen molar-refractivity contribution >= 4 is 11.8 Å². The highest BCUT2D eigenvalue weighted by Crippen LogP contribution is 2.34. The van der Waals surface area contributed by atoms with E-state index in [1.807, 2.05) is 6.92 Å². The molecule has 8 heteroatoms. The maximum absolute atomic E-state index is 13.0. The van der Waals surface area contributed by atoms with E-state index in [9.17, 15) is 13.2 Å². The monoisotopic (exact) mass is 304 g/mol. The lowest BCUT2D eigenvalue weighted by atomic mass is 10.3. The molecule has 118 valence electrons. The van der Waals surface area contributed by atoms with Crippen molar-refractivity contribution in [3.8, 4) is 0 Å². The summed E-state index contributed by atoms with van der Waals surface area (Å²) >= 11 is 0. The van der Waals surface area contributed by atoms with Crippen LogP contribution in [0.5, 0.6) is 0 Å². The summed E-state index contributed by atoms with van der Waals surface area (Å²) in [5.41, 5.74) is -0.963. The number of anilines is 2. The standard InChI is InChI=1S/C13H19F3N4O/c1-2-5-17-12-18-10(13(14,15)16)8-11(19-12)20(6-7-21)9-3-4-9/h8-9,21H,2-7H2,1H3,(H,17,18,19). The molecule has 1 heterocycles. The van der Waals surface area contributed by atoms with Crippen LogP contribution in [0.2, 0.25) is 0 Å². The number of nitrogens with one attached hydrogen (secondary N) is 1. The minimum absolute atomic E-state index is 0.0229. The molecule has 0 aliphatic heterocycles. The predicted octanol–water partition coefficient (Wildman–Crippen LogP) is 2.28. The summed E-state index contributed by atoms with van der Waals surface area (Å²) in [5.74, 6) is 0.192. The van der Waals surface area contributed by atoms with Gasteiger partial charge >= 0.3 is 6.18 Å². The number of aliphatic hydroxyl groups excluding tert-OH is 1. The summed E-state index contributed by atoms with van der Waals surface area (Å²) in [5, 5.41) is 11.9. The Morgan fingerprint density at radius 3 is 2.62 bits per heavy atom. The van der Waals surface area contributed by atoms with Crippen LogP contribution in [-0.2, 0) is 6.18 Å². The first-order valence-corrected chi connectivity index (χ1v) is 7.03. The second-order valence-electron chi connectivity index (χ2n) is 5.01. The lowest BCUT2D eigenvalue weighted by molar-refractivity contribution is -0.141. The van der Waals surface area contributed by atoms with Crippen molar-refractivity contribution in [1.82, 2.24) is 9.97 Å². The average Bonchev–Trinajstić information content (AvgIpc) is 3.25. The number of hydrogen-bond acceptors (Lipinski definition) is 5. The van der Waals surface area contributed by atoms with Gasteiger partial charge in [-0.2, -0.15) is 18.2 Å². The second-order valence-corrected chi connectivity index (χ2v) is 5.01. The Morgan fingerprint density at radius 2 is 2.10 bits per heavy atom. The van der Waals surface area contributed by atoms with Crippen molar-refractivity contribution in [2.45, 2.75) is 38.4 Å². The third kappa shape index (κ3) is 4.20. The highest BCUT2D eigenvalue weighted by Gasteiger charge is 2.36. The first-order valence-electron chi connectivity index (χ1n) is 7.03. The molecule has 0 spiro atoms. The number of aliphatic hydroxyl groups is 1. The molecule has 5 nitrogen and oxygen atoms in total. The highest BCUT2D eigenvalue weighted by molar-refractivity contribution is 5.47. The molecule has 0 saturated heterocycles. The Bertz CT molecular complexity index is 477. The molecule has 1 aromatic rings. The molecule has 2 rings (SSSR count). The van der Waals surface area contributed by atoms with Gasteiger partial charge in [-0.05, 0) is 19.3 Å². The van der Waals surface area contributed by atoms with Crippen LogP contribution in [0.15, 0.2) is 6.07 Å². The number of aromatic nitrogens is 2. The molecule has 1 aromatic heterocycles. The minimum atomic E-state index is -4.52. The van der Waals surface area contributed by atoms with E-state index in [1.54, 1.807) is 4.90 Å². The fourth-order valence-corrected chi connectivity index (χ4v) is 2.02. The fourth-order valence-electron chi connectivity index (χ4n) is 2.02. The number of halogens is 3. The normalized spacial score (nSPS) is 15.1. The first-order chi connectivity index (χ1) is 9.95. The van der Waals surface area contributed by atoms with Gasteiger partial charge in [0, 0.05) is 25.2 Å². The Morgan fingerprint density at radius 1 is 1.38 bits per heavy atom. The van der Waals surface area contributed by atoms with E-state index in [-0.39, 0.29) is 31.0 Å². The van der Waals surface area contributed by atoms with E-state index in [0.717, 1.165) is 25.3 Å². The average molecular weight is 304 g/mol. The van der Waals surface area contributed by atoms with Crippen LogP contribution < -0.4 is 10.2 Å². The lowest BCUT2D eigenvalue weighted by Gasteiger charge is -2.23. The molecule has 0 bridgehead atoms. The third-order valence-electron chi connectivity index (χ3n) is 3.16. The minimum Gasteiger partial charge on any atom is -0.395 e. The molecule has 1 saturated carbocycles. The van der Waals surface area contributed by atoms with Crippen molar-refractivity contribution in [2.24, 2.45) is 0 Å². The third-order valence-corrected chi connectivity index (χ3v) is 3.16. The molecule has 1 aliphatic rings. The molecule has 0 unspecified atom stereocenters. The SMILES string of the molecule is CCCNc1nc(N(CCO)C2CC2)cc(C(F)(F)F)n1. The van der Waals surface area contributed by atoms with E-state index in [4.69, 9.17) is 5.11 Å². The number of rotatable bonds is 7. The van der Waals surface area contributed by atoms with E-state index >= 15 is 0 Å². The Kier molecular flexibility index (Phi) is 4.87. The van der Waals surface area contributed by atoms with E-state index < -0.39 is 11.9 Å². The quantitative estimate of drug-likeness (QED) is 0.809.